The van der Waals surface area contributed by atoms with Crippen LogP contribution in [-0.4, -0.2) is 28.9 Å². The predicted molar refractivity (Wildman–Crippen MR) is 130 cm³/mol. The first-order valence-electron chi connectivity index (χ1n) is 10.4. The number of benzene rings is 2. The molecule has 1 atom stereocenters. The fourth-order valence-electron chi connectivity index (χ4n) is 3.80. The van der Waals surface area contributed by atoms with E-state index in [0.29, 0.717) is 27.0 Å². The zero-order chi connectivity index (χ0) is 23.7. The van der Waals surface area contributed by atoms with Crippen molar-refractivity contribution >= 4 is 52.3 Å². The summed E-state index contributed by atoms with van der Waals surface area (Å²) < 4.78 is 1.70. The van der Waals surface area contributed by atoms with Gasteiger partial charge in [0.25, 0.3) is 5.91 Å². The number of hydrogen-bond acceptors (Lipinski definition) is 3. The van der Waals surface area contributed by atoms with Crippen LogP contribution < -0.4 is 15.6 Å². The van der Waals surface area contributed by atoms with E-state index < -0.39 is 5.92 Å². The zero-order valence-electron chi connectivity index (χ0n) is 18.1. The number of nitrogens with zero attached hydrogens (tertiary/aromatic N) is 2. The summed E-state index contributed by atoms with van der Waals surface area (Å²) in [6, 6.07) is 15.3. The van der Waals surface area contributed by atoms with Crippen molar-refractivity contribution in [3.8, 4) is 0 Å². The number of halogens is 2. The van der Waals surface area contributed by atoms with Crippen molar-refractivity contribution in [1.82, 2.24) is 4.68 Å². The third-order valence-corrected chi connectivity index (χ3v) is 6.13. The molecule has 9 heteroatoms. The van der Waals surface area contributed by atoms with Gasteiger partial charge in [-0.3, -0.25) is 24.5 Å². The second-order valence-corrected chi connectivity index (χ2v) is 8.81. The van der Waals surface area contributed by atoms with Crippen LogP contribution in [0.4, 0.5) is 11.4 Å². The number of rotatable bonds is 5. The fourth-order valence-corrected chi connectivity index (χ4v) is 4.19. The van der Waals surface area contributed by atoms with Crippen molar-refractivity contribution in [2.45, 2.75) is 20.3 Å². The fraction of sp³-hybridized carbons (Fsp3) is 0.208. The van der Waals surface area contributed by atoms with Crippen molar-refractivity contribution in [1.29, 1.82) is 0 Å². The summed E-state index contributed by atoms with van der Waals surface area (Å²) >= 11 is 12.3. The molecule has 0 unspecified atom stereocenters. The van der Waals surface area contributed by atoms with Gasteiger partial charge in [0, 0.05) is 40.6 Å². The SMILES string of the molecule is Cc1ccc(C)n1NC(=O)c1cccc(NC(=O)[C@@H]2CC(=O)N(c3cc(Cl)ccc3Cl)C2)c1. The van der Waals surface area contributed by atoms with Crippen molar-refractivity contribution < 1.29 is 14.4 Å². The van der Waals surface area contributed by atoms with E-state index in [9.17, 15) is 14.4 Å². The van der Waals surface area contributed by atoms with Crippen LogP contribution in [0, 0.1) is 19.8 Å². The molecule has 0 aliphatic carbocycles. The Labute approximate surface area is 201 Å². The Hall–Kier alpha value is -3.29. The van der Waals surface area contributed by atoms with E-state index in [2.05, 4.69) is 10.7 Å². The largest absolute Gasteiger partial charge is 0.326 e. The highest BCUT2D eigenvalue weighted by Crippen LogP contribution is 2.33. The van der Waals surface area contributed by atoms with Gasteiger partial charge in [-0.05, 0) is 62.4 Å². The molecule has 1 aromatic heterocycles. The van der Waals surface area contributed by atoms with Gasteiger partial charge in [0.15, 0.2) is 0 Å². The highest BCUT2D eigenvalue weighted by molar-refractivity contribution is 6.36. The Morgan fingerprint density at radius 1 is 1.00 bits per heavy atom. The first-order valence-corrected chi connectivity index (χ1v) is 11.1. The number of hydrogen-bond donors (Lipinski definition) is 2. The molecule has 1 aliphatic rings. The molecule has 2 heterocycles. The molecule has 33 heavy (non-hydrogen) atoms. The Morgan fingerprint density at radius 2 is 1.73 bits per heavy atom. The molecular formula is C24H22Cl2N4O3. The summed E-state index contributed by atoms with van der Waals surface area (Å²) in [5, 5.41) is 3.66. The maximum absolute atomic E-state index is 12.9. The lowest BCUT2D eigenvalue weighted by Gasteiger charge is -2.18. The Kier molecular flexibility index (Phi) is 6.44. The number of aromatic nitrogens is 1. The van der Waals surface area contributed by atoms with Gasteiger partial charge in [0.1, 0.15) is 0 Å². The summed E-state index contributed by atoms with van der Waals surface area (Å²) in [4.78, 5) is 39.6. The lowest BCUT2D eigenvalue weighted by atomic mass is 10.1. The summed E-state index contributed by atoms with van der Waals surface area (Å²) in [6.45, 7) is 3.98. The summed E-state index contributed by atoms with van der Waals surface area (Å²) in [5.41, 5.74) is 6.00. The average molecular weight is 485 g/mol. The van der Waals surface area contributed by atoms with Crippen LogP contribution in [0.1, 0.15) is 28.2 Å². The number of anilines is 2. The van der Waals surface area contributed by atoms with E-state index in [4.69, 9.17) is 23.2 Å². The molecule has 4 rings (SSSR count). The number of carbonyl (C=O) groups is 3. The van der Waals surface area contributed by atoms with Crippen LogP contribution in [0.25, 0.3) is 0 Å². The van der Waals surface area contributed by atoms with Crippen LogP contribution in [0.15, 0.2) is 54.6 Å². The molecule has 0 spiro atoms. The molecule has 170 valence electrons. The van der Waals surface area contributed by atoms with Gasteiger partial charge in [-0.1, -0.05) is 29.3 Å². The maximum atomic E-state index is 12.9. The van der Waals surface area contributed by atoms with Crippen molar-refractivity contribution in [3.05, 3.63) is 81.6 Å². The number of nitrogens with one attached hydrogen (secondary N) is 2. The van der Waals surface area contributed by atoms with Crippen LogP contribution in [0.5, 0.6) is 0 Å². The van der Waals surface area contributed by atoms with E-state index in [-0.39, 0.29) is 30.7 Å². The molecule has 3 amide bonds. The van der Waals surface area contributed by atoms with E-state index in [1.807, 2.05) is 26.0 Å². The second kappa shape index (κ2) is 9.29. The lowest BCUT2D eigenvalue weighted by Crippen LogP contribution is -2.28. The van der Waals surface area contributed by atoms with E-state index >= 15 is 0 Å². The minimum absolute atomic E-state index is 0.0566. The van der Waals surface area contributed by atoms with Gasteiger partial charge in [0.05, 0.1) is 16.6 Å². The number of carbonyl (C=O) groups excluding carboxylic acids is 3. The van der Waals surface area contributed by atoms with E-state index in [1.165, 1.54) is 4.90 Å². The number of aryl methyl sites for hydroxylation is 2. The smallest absolute Gasteiger partial charge is 0.270 e. The molecule has 3 aromatic rings. The van der Waals surface area contributed by atoms with Gasteiger partial charge < -0.3 is 10.2 Å². The topological polar surface area (TPSA) is 83.4 Å². The summed E-state index contributed by atoms with van der Waals surface area (Å²) in [5.74, 6) is -1.37. The molecule has 0 radical (unpaired) electrons. The monoisotopic (exact) mass is 484 g/mol. The minimum atomic E-state index is -0.560. The minimum Gasteiger partial charge on any atom is -0.326 e. The van der Waals surface area contributed by atoms with Crippen molar-refractivity contribution in [2.24, 2.45) is 5.92 Å². The highest BCUT2D eigenvalue weighted by Gasteiger charge is 2.36. The second-order valence-electron chi connectivity index (χ2n) is 7.96. The van der Waals surface area contributed by atoms with Gasteiger partial charge in [-0.2, -0.15) is 0 Å². The lowest BCUT2D eigenvalue weighted by molar-refractivity contribution is -0.122. The van der Waals surface area contributed by atoms with E-state index in [0.717, 1.165) is 11.4 Å². The summed E-state index contributed by atoms with van der Waals surface area (Å²) in [7, 11) is 0. The molecule has 1 aliphatic heterocycles. The van der Waals surface area contributed by atoms with Gasteiger partial charge in [-0.25, -0.2) is 0 Å². The molecule has 1 saturated heterocycles. The van der Waals surface area contributed by atoms with Crippen LogP contribution in [0.2, 0.25) is 10.0 Å². The zero-order valence-corrected chi connectivity index (χ0v) is 19.6. The third kappa shape index (κ3) is 4.89. The first-order chi connectivity index (χ1) is 15.7. The molecular weight excluding hydrogens is 463 g/mol. The molecule has 0 bridgehead atoms. The maximum Gasteiger partial charge on any atom is 0.270 e. The normalized spacial score (nSPS) is 15.6. The molecule has 7 nitrogen and oxygen atoms in total. The number of amides is 3. The Balaban J connectivity index is 1.44. The van der Waals surface area contributed by atoms with Gasteiger partial charge >= 0.3 is 0 Å². The quantitative estimate of drug-likeness (QED) is 0.546. The summed E-state index contributed by atoms with van der Waals surface area (Å²) in [6.07, 6.45) is 0.0566. The molecule has 1 fully saturated rings. The van der Waals surface area contributed by atoms with Gasteiger partial charge in [-0.15, -0.1) is 0 Å². The molecule has 2 aromatic carbocycles. The standard InChI is InChI=1S/C24H22Cl2N4O3/c1-14-6-7-15(2)30(14)28-24(33)16-4-3-5-19(10-16)27-23(32)17-11-22(31)29(13-17)21-12-18(25)8-9-20(21)26/h3-10,12,17H,11,13H2,1-2H3,(H,27,32)(H,28,33)/t17-/m1/s1. The van der Waals surface area contributed by atoms with Crippen molar-refractivity contribution in [2.75, 3.05) is 22.2 Å². The molecule has 0 saturated carbocycles. The average Bonchev–Trinajstić information content (AvgIpc) is 3.32. The van der Waals surface area contributed by atoms with Crippen LogP contribution >= 0.6 is 23.2 Å². The Morgan fingerprint density at radius 3 is 2.45 bits per heavy atom. The molecule has 2 N–H and O–H groups in total. The first kappa shape index (κ1) is 22.9. The van der Waals surface area contributed by atoms with Crippen LogP contribution in [-0.2, 0) is 9.59 Å². The van der Waals surface area contributed by atoms with Gasteiger partial charge in [0.2, 0.25) is 11.8 Å². The van der Waals surface area contributed by atoms with E-state index in [1.54, 1.807) is 47.1 Å². The van der Waals surface area contributed by atoms with Crippen LogP contribution in [0.3, 0.4) is 0 Å². The third-order valence-electron chi connectivity index (χ3n) is 5.57. The van der Waals surface area contributed by atoms with Crippen molar-refractivity contribution in [3.63, 3.8) is 0 Å². The predicted octanol–water partition coefficient (Wildman–Crippen LogP) is 4.79. The Bertz CT molecular complexity index is 1230. The highest BCUT2D eigenvalue weighted by atomic mass is 35.5.